The first-order valence-electron chi connectivity index (χ1n) is 9.03. The third-order valence-electron chi connectivity index (χ3n) is 4.73. The van der Waals surface area contributed by atoms with Gasteiger partial charge in [0.1, 0.15) is 5.69 Å². The van der Waals surface area contributed by atoms with Crippen LogP contribution < -0.4 is 5.32 Å². The predicted octanol–water partition coefficient (Wildman–Crippen LogP) is 4.04. The maximum absolute atomic E-state index is 12.5. The van der Waals surface area contributed by atoms with Crippen LogP contribution in [0.3, 0.4) is 0 Å². The molecule has 0 aliphatic heterocycles. The highest BCUT2D eigenvalue weighted by atomic mass is 16.1. The summed E-state index contributed by atoms with van der Waals surface area (Å²) in [4.78, 5) is 20.4. The van der Waals surface area contributed by atoms with E-state index in [4.69, 9.17) is 0 Å². The Kier molecular flexibility index (Phi) is 3.87. The summed E-state index contributed by atoms with van der Waals surface area (Å²) in [6, 6.07) is 23.2. The number of nitrogens with one attached hydrogen (secondary N) is 3. The van der Waals surface area contributed by atoms with Crippen molar-refractivity contribution in [3.8, 4) is 11.5 Å². The van der Waals surface area contributed by atoms with Crippen LogP contribution in [0.4, 0.5) is 0 Å². The van der Waals surface area contributed by atoms with Gasteiger partial charge in [0.05, 0.1) is 16.6 Å². The van der Waals surface area contributed by atoms with Gasteiger partial charge in [-0.2, -0.15) is 5.10 Å². The first kappa shape index (κ1) is 16.3. The van der Waals surface area contributed by atoms with Gasteiger partial charge >= 0.3 is 0 Å². The number of hydrogen-bond donors (Lipinski definition) is 3. The zero-order chi connectivity index (χ0) is 18.9. The lowest BCUT2D eigenvalue weighted by atomic mass is 10.1. The van der Waals surface area contributed by atoms with Crippen molar-refractivity contribution in [1.29, 1.82) is 0 Å². The Balaban J connectivity index is 1.43. The lowest BCUT2D eigenvalue weighted by Crippen LogP contribution is -2.22. The number of aromatic nitrogens is 4. The third kappa shape index (κ3) is 2.91. The second-order valence-electron chi connectivity index (χ2n) is 6.60. The fourth-order valence-electron chi connectivity index (χ4n) is 3.29. The van der Waals surface area contributed by atoms with Gasteiger partial charge in [-0.15, -0.1) is 0 Å². The number of benzene rings is 3. The Morgan fingerprint density at radius 1 is 0.929 bits per heavy atom. The van der Waals surface area contributed by atoms with Gasteiger partial charge in [-0.1, -0.05) is 48.5 Å². The van der Waals surface area contributed by atoms with Gasteiger partial charge in [-0.25, -0.2) is 4.98 Å². The van der Waals surface area contributed by atoms with Crippen molar-refractivity contribution in [2.45, 2.75) is 6.54 Å². The molecule has 0 saturated carbocycles. The molecule has 6 heteroatoms. The van der Waals surface area contributed by atoms with Crippen molar-refractivity contribution in [3.63, 3.8) is 0 Å². The van der Waals surface area contributed by atoms with Crippen LogP contribution in [-0.2, 0) is 6.54 Å². The van der Waals surface area contributed by atoms with Crippen LogP contribution in [0.15, 0.2) is 72.8 Å². The van der Waals surface area contributed by atoms with Crippen LogP contribution >= 0.6 is 0 Å². The second kappa shape index (κ2) is 6.66. The Labute approximate surface area is 160 Å². The number of hydrogen-bond acceptors (Lipinski definition) is 3. The molecule has 0 aliphatic rings. The van der Waals surface area contributed by atoms with Crippen molar-refractivity contribution in [3.05, 3.63) is 83.9 Å². The fraction of sp³-hybridized carbons (Fsp3) is 0.0455. The zero-order valence-electron chi connectivity index (χ0n) is 14.9. The lowest BCUT2D eigenvalue weighted by molar-refractivity contribution is 0.0951. The van der Waals surface area contributed by atoms with Crippen LogP contribution in [-0.4, -0.2) is 26.1 Å². The maximum atomic E-state index is 12.5. The number of carbonyl (C=O) groups excluding carboxylic acids is 1. The minimum atomic E-state index is -0.118. The van der Waals surface area contributed by atoms with Gasteiger partial charge < -0.3 is 10.3 Å². The molecule has 5 aromatic rings. The monoisotopic (exact) mass is 367 g/mol. The summed E-state index contributed by atoms with van der Waals surface area (Å²) in [6.45, 7) is 0.491. The molecule has 0 spiro atoms. The summed E-state index contributed by atoms with van der Waals surface area (Å²) < 4.78 is 0. The standard InChI is InChI=1S/C22H17N5O/c28-22(23-13-14-6-2-1-3-7-14)15-10-11-18-19(12-15)25-21(24-18)20-16-8-4-5-9-17(16)26-27-20/h1-12H,13H2,(H,23,28)(H,24,25)(H,26,27). The van der Waals surface area contributed by atoms with Crippen molar-refractivity contribution in [1.82, 2.24) is 25.5 Å². The van der Waals surface area contributed by atoms with E-state index in [0.29, 0.717) is 17.9 Å². The highest BCUT2D eigenvalue weighted by Gasteiger charge is 2.13. The molecular weight excluding hydrogens is 350 g/mol. The quantitative estimate of drug-likeness (QED) is 0.448. The van der Waals surface area contributed by atoms with Crippen LogP contribution in [0.1, 0.15) is 15.9 Å². The number of nitrogens with zero attached hydrogens (tertiary/aromatic N) is 2. The number of rotatable bonds is 4. The molecule has 0 atom stereocenters. The molecule has 0 aliphatic carbocycles. The van der Waals surface area contributed by atoms with Gasteiger partial charge in [0, 0.05) is 17.5 Å². The predicted molar refractivity (Wildman–Crippen MR) is 109 cm³/mol. The summed E-state index contributed by atoms with van der Waals surface area (Å²) in [5.74, 6) is 0.557. The van der Waals surface area contributed by atoms with Crippen molar-refractivity contribution in [2.75, 3.05) is 0 Å². The summed E-state index contributed by atoms with van der Waals surface area (Å²) in [7, 11) is 0. The van der Waals surface area contributed by atoms with Crippen molar-refractivity contribution >= 4 is 27.8 Å². The van der Waals surface area contributed by atoms with Crippen LogP contribution in [0.2, 0.25) is 0 Å². The summed E-state index contributed by atoms with van der Waals surface area (Å²) in [6.07, 6.45) is 0. The maximum Gasteiger partial charge on any atom is 0.251 e. The van der Waals surface area contributed by atoms with E-state index in [1.807, 2.05) is 66.7 Å². The molecule has 0 fully saturated rings. The molecule has 5 rings (SSSR count). The SMILES string of the molecule is O=C(NCc1ccccc1)c1ccc2nc(-c3n[nH]c4ccccc34)[nH]c2c1. The van der Waals surface area contributed by atoms with Crippen molar-refractivity contribution < 1.29 is 4.79 Å². The van der Waals surface area contributed by atoms with Crippen LogP contribution in [0, 0.1) is 0 Å². The fourth-order valence-corrected chi connectivity index (χ4v) is 3.29. The molecular formula is C22H17N5O. The highest BCUT2D eigenvalue weighted by molar-refractivity contribution is 5.98. The normalized spacial score (nSPS) is 11.1. The number of H-pyrrole nitrogens is 2. The summed E-state index contributed by atoms with van der Waals surface area (Å²) in [5, 5.41) is 11.4. The molecule has 6 nitrogen and oxygen atoms in total. The van der Waals surface area contributed by atoms with Gasteiger partial charge in [0.2, 0.25) is 0 Å². The molecule has 2 heterocycles. The average Bonchev–Trinajstić information content (AvgIpc) is 3.36. The molecule has 3 N–H and O–H groups in total. The summed E-state index contributed by atoms with van der Waals surface area (Å²) >= 11 is 0. The zero-order valence-corrected chi connectivity index (χ0v) is 14.9. The minimum absolute atomic E-state index is 0.118. The van der Waals surface area contributed by atoms with E-state index < -0.39 is 0 Å². The number of imidazole rings is 1. The highest BCUT2D eigenvalue weighted by Crippen LogP contribution is 2.26. The summed E-state index contributed by atoms with van der Waals surface area (Å²) in [5.41, 5.74) is 4.97. The Hall–Kier alpha value is -3.93. The molecule has 0 unspecified atom stereocenters. The van der Waals surface area contributed by atoms with E-state index in [1.165, 1.54) is 0 Å². The topological polar surface area (TPSA) is 86.5 Å². The number of aromatic amines is 2. The molecule has 0 bridgehead atoms. The molecule has 3 aromatic carbocycles. The Bertz CT molecular complexity index is 1290. The largest absolute Gasteiger partial charge is 0.348 e. The lowest BCUT2D eigenvalue weighted by Gasteiger charge is -2.05. The van der Waals surface area contributed by atoms with Gasteiger partial charge in [-0.05, 0) is 29.8 Å². The number of fused-ring (bicyclic) bond motifs is 2. The van der Waals surface area contributed by atoms with E-state index in [1.54, 1.807) is 6.07 Å². The first-order valence-corrected chi connectivity index (χ1v) is 9.03. The number of para-hydroxylation sites is 1. The second-order valence-corrected chi connectivity index (χ2v) is 6.60. The molecule has 2 aromatic heterocycles. The number of amides is 1. The molecule has 0 radical (unpaired) electrons. The first-order chi connectivity index (χ1) is 13.8. The molecule has 0 saturated heterocycles. The number of carbonyl (C=O) groups is 1. The van der Waals surface area contributed by atoms with E-state index in [0.717, 1.165) is 33.2 Å². The average molecular weight is 367 g/mol. The van der Waals surface area contributed by atoms with Gasteiger partial charge in [0.15, 0.2) is 5.82 Å². The molecule has 1 amide bonds. The van der Waals surface area contributed by atoms with Gasteiger partial charge in [0.25, 0.3) is 5.91 Å². The van der Waals surface area contributed by atoms with Crippen LogP contribution in [0.5, 0.6) is 0 Å². The van der Waals surface area contributed by atoms with Crippen molar-refractivity contribution in [2.24, 2.45) is 0 Å². The molecule has 136 valence electrons. The smallest absolute Gasteiger partial charge is 0.251 e. The Morgan fingerprint density at radius 2 is 1.75 bits per heavy atom. The van der Waals surface area contributed by atoms with E-state index in [2.05, 4.69) is 25.5 Å². The third-order valence-corrected chi connectivity index (χ3v) is 4.73. The Morgan fingerprint density at radius 3 is 2.64 bits per heavy atom. The van der Waals surface area contributed by atoms with Gasteiger partial charge in [-0.3, -0.25) is 9.89 Å². The molecule has 28 heavy (non-hydrogen) atoms. The van der Waals surface area contributed by atoms with E-state index >= 15 is 0 Å². The van der Waals surface area contributed by atoms with E-state index in [-0.39, 0.29) is 5.91 Å². The van der Waals surface area contributed by atoms with E-state index in [9.17, 15) is 4.79 Å². The van der Waals surface area contributed by atoms with Crippen LogP contribution in [0.25, 0.3) is 33.5 Å². The minimum Gasteiger partial charge on any atom is -0.348 e.